The number of carbonyl (C=O) groups is 1. The van der Waals surface area contributed by atoms with Gasteiger partial charge >= 0.3 is 12.1 Å². The van der Waals surface area contributed by atoms with Gasteiger partial charge < -0.3 is 9.84 Å². The lowest BCUT2D eigenvalue weighted by Gasteiger charge is -2.07. The van der Waals surface area contributed by atoms with E-state index in [-0.39, 0.29) is 12.4 Å². The maximum Gasteiger partial charge on any atom is 0.416 e. The van der Waals surface area contributed by atoms with Gasteiger partial charge in [-0.2, -0.15) is 13.2 Å². The van der Waals surface area contributed by atoms with E-state index in [1.54, 1.807) is 18.2 Å². The quantitative estimate of drug-likeness (QED) is 0.679. The van der Waals surface area contributed by atoms with E-state index in [1.807, 2.05) is 0 Å². The van der Waals surface area contributed by atoms with Crippen molar-refractivity contribution in [2.45, 2.75) is 12.8 Å². The highest BCUT2D eigenvalue weighted by Gasteiger charge is 2.29. The molecule has 0 amide bonds. The molecule has 0 fully saturated rings. The van der Waals surface area contributed by atoms with Crippen molar-refractivity contribution < 1.29 is 27.8 Å². The summed E-state index contributed by atoms with van der Waals surface area (Å²) in [7, 11) is 0. The number of rotatable bonds is 4. The van der Waals surface area contributed by atoms with E-state index in [9.17, 15) is 23.1 Å². The highest BCUT2D eigenvalue weighted by molar-refractivity contribution is 5.87. The number of halogens is 3. The minimum atomic E-state index is -4.39. The van der Waals surface area contributed by atoms with Gasteiger partial charge in [0, 0.05) is 11.6 Å². The minimum absolute atomic E-state index is 0.0271. The van der Waals surface area contributed by atoms with Crippen molar-refractivity contribution >= 4 is 12.0 Å². The topological polar surface area (TPSA) is 46.5 Å². The van der Waals surface area contributed by atoms with Crippen molar-refractivity contribution in [2.75, 3.05) is 0 Å². The van der Waals surface area contributed by atoms with Crippen LogP contribution in [0.3, 0.4) is 0 Å². The molecule has 0 aromatic heterocycles. The largest absolute Gasteiger partial charge is 0.507 e. The van der Waals surface area contributed by atoms with E-state index in [1.165, 1.54) is 24.3 Å². The summed E-state index contributed by atoms with van der Waals surface area (Å²) in [5, 5.41) is 9.53. The number of phenols is 1. The highest BCUT2D eigenvalue weighted by atomic mass is 19.4. The maximum absolute atomic E-state index is 12.4. The minimum Gasteiger partial charge on any atom is -0.507 e. The van der Waals surface area contributed by atoms with Gasteiger partial charge in [0.1, 0.15) is 12.4 Å². The van der Waals surface area contributed by atoms with Gasteiger partial charge in [-0.15, -0.1) is 0 Å². The monoisotopic (exact) mass is 322 g/mol. The van der Waals surface area contributed by atoms with Gasteiger partial charge in [-0.3, -0.25) is 0 Å². The third kappa shape index (κ3) is 4.88. The smallest absolute Gasteiger partial charge is 0.416 e. The fourth-order valence-corrected chi connectivity index (χ4v) is 1.78. The van der Waals surface area contributed by atoms with Crippen molar-refractivity contribution in [1.29, 1.82) is 0 Å². The molecule has 0 radical (unpaired) electrons. The zero-order chi connectivity index (χ0) is 16.9. The number of hydrogen-bond acceptors (Lipinski definition) is 3. The number of benzene rings is 2. The Morgan fingerprint density at radius 2 is 1.74 bits per heavy atom. The van der Waals surface area contributed by atoms with Gasteiger partial charge in [0.2, 0.25) is 0 Å². The second kappa shape index (κ2) is 7.00. The van der Waals surface area contributed by atoms with Gasteiger partial charge in [-0.1, -0.05) is 30.3 Å². The summed E-state index contributed by atoms with van der Waals surface area (Å²) < 4.78 is 42.2. The molecular weight excluding hydrogens is 309 g/mol. The van der Waals surface area contributed by atoms with E-state index in [2.05, 4.69) is 0 Å². The molecule has 0 saturated carbocycles. The van der Waals surface area contributed by atoms with Gasteiger partial charge in [-0.25, -0.2) is 4.79 Å². The molecule has 2 rings (SSSR count). The Kier molecular flexibility index (Phi) is 5.05. The Bertz CT molecular complexity index is 704. The summed E-state index contributed by atoms with van der Waals surface area (Å²) in [6.45, 7) is -0.137. The first kappa shape index (κ1) is 16.6. The molecule has 0 aliphatic rings. The zero-order valence-corrected chi connectivity index (χ0v) is 11.9. The second-order valence-electron chi connectivity index (χ2n) is 4.69. The molecule has 0 saturated heterocycles. The first-order valence-corrected chi connectivity index (χ1v) is 6.65. The summed E-state index contributed by atoms with van der Waals surface area (Å²) in [6, 6.07) is 10.8. The summed E-state index contributed by atoms with van der Waals surface area (Å²) in [4.78, 5) is 11.6. The lowest BCUT2D eigenvalue weighted by molar-refractivity contribution is -0.139. The zero-order valence-electron chi connectivity index (χ0n) is 11.9. The van der Waals surface area contributed by atoms with Crippen LogP contribution in [-0.2, 0) is 22.3 Å². The average Bonchev–Trinajstić information content (AvgIpc) is 2.51. The molecule has 0 spiro atoms. The second-order valence-corrected chi connectivity index (χ2v) is 4.69. The van der Waals surface area contributed by atoms with Crippen molar-refractivity contribution in [3.05, 3.63) is 71.3 Å². The number of para-hydroxylation sites is 1. The Hall–Kier alpha value is -2.76. The fourth-order valence-electron chi connectivity index (χ4n) is 1.78. The molecule has 0 atom stereocenters. The third-order valence-corrected chi connectivity index (χ3v) is 3.00. The van der Waals surface area contributed by atoms with E-state index >= 15 is 0 Å². The predicted octanol–water partition coefficient (Wildman–Crippen LogP) is 4.17. The first-order chi connectivity index (χ1) is 10.9. The molecule has 0 bridgehead atoms. The van der Waals surface area contributed by atoms with Crippen LogP contribution in [0.15, 0.2) is 54.6 Å². The standard InChI is InChI=1S/C17H13F3O3/c18-17(19,20)14-8-5-12(6-9-14)11-23-16(22)10-7-13-3-1-2-4-15(13)21/h1-10,21H,11H2. The van der Waals surface area contributed by atoms with E-state index in [0.717, 1.165) is 18.2 Å². The maximum atomic E-state index is 12.4. The number of esters is 1. The molecule has 0 aliphatic carbocycles. The number of phenolic OH excluding ortho intramolecular Hbond substituents is 1. The van der Waals surface area contributed by atoms with Gasteiger partial charge in [0.05, 0.1) is 5.56 Å². The number of aromatic hydroxyl groups is 1. The molecule has 3 nitrogen and oxygen atoms in total. The van der Waals surface area contributed by atoms with Crippen molar-refractivity contribution in [1.82, 2.24) is 0 Å². The first-order valence-electron chi connectivity index (χ1n) is 6.65. The molecule has 120 valence electrons. The molecule has 2 aromatic rings. The van der Waals surface area contributed by atoms with Crippen LogP contribution < -0.4 is 0 Å². The van der Waals surface area contributed by atoms with Crippen molar-refractivity contribution in [3.8, 4) is 5.75 Å². The van der Waals surface area contributed by atoms with Crippen LogP contribution in [0.4, 0.5) is 13.2 Å². The van der Waals surface area contributed by atoms with Gasteiger partial charge in [-0.05, 0) is 29.8 Å². The van der Waals surface area contributed by atoms with Crippen LogP contribution >= 0.6 is 0 Å². The van der Waals surface area contributed by atoms with Crippen LogP contribution in [0.1, 0.15) is 16.7 Å². The summed E-state index contributed by atoms with van der Waals surface area (Å²) in [5.74, 6) is -0.632. The van der Waals surface area contributed by atoms with Crippen molar-refractivity contribution in [3.63, 3.8) is 0 Å². The number of hydrogen-bond donors (Lipinski definition) is 1. The number of ether oxygens (including phenoxy) is 1. The molecule has 6 heteroatoms. The average molecular weight is 322 g/mol. The molecule has 0 heterocycles. The third-order valence-electron chi connectivity index (χ3n) is 3.00. The number of alkyl halides is 3. The van der Waals surface area contributed by atoms with Gasteiger partial charge in [0.25, 0.3) is 0 Å². The molecule has 0 aliphatic heterocycles. The fraction of sp³-hybridized carbons (Fsp3) is 0.118. The lowest BCUT2D eigenvalue weighted by Crippen LogP contribution is -2.05. The van der Waals surface area contributed by atoms with Crippen LogP contribution in [0.2, 0.25) is 0 Å². The predicted molar refractivity (Wildman–Crippen MR) is 78.4 cm³/mol. The van der Waals surface area contributed by atoms with Crippen LogP contribution in [0.25, 0.3) is 6.08 Å². The molecular formula is C17H13F3O3. The SMILES string of the molecule is O=C(C=Cc1ccccc1O)OCc1ccc(C(F)(F)F)cc1. The van der Waals surface area contributed by atoms with E-state index < -0.39 is 17.7 Å². The Morgan fingerprint density at radius 1 is 1.09 bits per heavy atom. The Balaban J connectivity index is 1.91. The van der Waals surface area contributed by atoms with E-state index in [4.69, 9.17) is 4.74 Å². The van der Waals surface area contributed by atoms with Crippen LogP contribution in [0.5, 0.6) is 5.75 Å². The highest BCUT2D eigenvalue weighted by Crippen LogP contribution is 2.29. The van der Waals surface area contributed by atoms with E-state index in [0.29, 0.717) is 11.1 Å². The summed E-state index contributed by atoms with van der Waals surface area (Å²) in [5.41, 5.74) is 0.147. The van der Waals surface area contributed by atoms with Crippen LogP contribution in [0, 0.1) is 0 Å². The van der Waals surface area contributed by atoms with Crippen LogP contribution in [-0.4, -0.2) is 11.1 Å². The van der Waals surface area contributed by atoms with Gasteiger partial charge in [0.15, 0.2) is 0 Å². The normalized spacial score (nSPS) is 11.6. The van der Waals surface area contributed by atoms with Crippen molar-refractivity contribution in [2.24, 2.45) is 0 Å². The Labute approximate surface area is 130 Å². The summed E-state index contributed by atoms with van der Waals surface area (Å²) in [6.07, 6.45) is -1.86. The Morgan fingerprint density at radius 3 is 2.35 bits per heavy atom. The molecule has 23 heavy (non-hydrogen) atoms. The molecule has 1 N–H and O–H groups in total. The number of carbonyl (C=O) groups excluding carboxylic acids is 1. The summed E-state index contributed by atoms with van der Waals surface area (Å²) >= 11 is 0. The lowest BCUT2D eigenvalue weighted by atomic mass is 10.1. The molecule has 2 aromatic carbocycles. The molecule has 0 unspecified atom stereocenters.